The third kappa shape index (κ3) is 2.62. The van der Waals surface area contributed by atoms with Gasteiger partial charge in [0.25, 0.3) is 0 Å². The summed E-state index contributed by atoms with van der Waals surface area (Å²) in [4.78, 5) is 0. The predicted molar refractivity (Wildman–Crippen MR) is 61.1 cm³/mol. The molecule has 3 heteroatoms. The summed E-state index contributed by atoms with van der Waals surface area (Å²) in [5.41, 5.74) is 2.15. The van der Waals surface area contributed by atoms with Crippen LogP contribution in [0.3, 0.4) is 0 Å². The molecule has 1 heterocycles. The van der Waals surface area contributed by atoms with Crippen molar-refractivity contribution in [3.05, 3.63) is 42.6 Å². The number of hydrogen-bond acceptors (Lipinski definition) is 2. The van der Waals surface area contributed by atoms with E-state index in [9.17, 15) is 0 Å². The first-order chi connectivity index (χ1) is 6.77. The van der Waals surface area contributed by atoms with Gasteiger partial charge in [-0.3, -0.25) is 5.10 Å². The fourth-order valence-electron chi connectivity index (χ4n) is 1.02. The minimum atomic E-state index is 0.848. The Morgan fingerprint density at radius 2 is 2.36 bits per heavy atom. The predicted octanol–water partition coefficient (Wildman–Crippen LogP) is 2.60. The van der Waals surface area contributed by atoms with Crippen molar-refractivity contribution in [2.24, 2.45) is 0 Å². The molecular formula is C11H15N3. The molecule has 3 nitrogen and oxygen atoms in total. The Morgan fingerprint density at radius 3 is 2.93 bits per heavy atom. The number of allylic oxidation sites excluding steroid dienone is 5. The van der Waals surface area contributed by atoms with Crippen molar-refractivity contribution in [3.8, 4) is 0 Å². The Bertz CT molecular complexity index is 358. The van der Waals surface area contributed by atoms with Crippen molar-refractivity contribution in [1.82, 2.24) is 10.2 Å². The van der Waals surface area contributed by atoms with Gasteiger partial charge in [0.1, 0.15) is 5.82 Å². The van der Waals surface area contributed by atoms with E-state index < -0.39 is 0 Å². The first-order valence-corrected chi connectivity index (χ1v) is 4.47. The van der Waals surface area contributed by atoms with E-state index >= 15 is 0 Å². The van der Waals surface area contributed by atoms with Crippen LogP contribution >= 0.6 is 0 Å². The summed E-state index contributed by atoms with van der Waals surface area (Å²) in [7, 11) is 1.84. The number of aromatic amines is 1. The summed E-state index contributed by atoms with van der Waals surface area (Å²) in [6.45, 7) is 5.63. The van der Waals surface area contributed by atoms with E-state index in [1.165, 1.54) is 0 Å². The Balaban J connectivity index is 2.77. The summed E-state index contributed by atoms with van der Waals surface area (Å²) >= 11 is 0. The molecule has 1 aromatic heterocycles. The van der Waals surface area contributed by atoms with E-state index in [1.54, 1.807) is 6.08 Å². The van der Waals surface area contributed by atoms with Gasteiger partial charge >= 0.3 is 0 Å². The van der Waals surface area contributed by atoms with Gasteiger partial charge in [-0.15, -0.1) is 0 Å². The highest BCUT2D eigenvalue weighted by Gasteiger charge is 1.99. The zero-order chi connectivity index (χ0) is 10.4. The van der Waals surface area contributed by atoms with Crippen LogP contribution < -0.4 is 5.32 Å². The molecule has 0 aliphatic rings. The van der Waals surface area contributed by atoms with Crippen molar-refractivity contribution in [1.29, 1.82) is 0 Å². The Hall–Kier alpha value is -1.77. The SMILES string of the molecule is C=C/C=C\C=C(/C)c1cc(NC)n[nH]1. The van der Waals surface area contributed by atoms with Crippen molar-refractivity contribution in [3.63, 3.8) is 0 Å². The second kappa shape index (κ2) is 5.07. The lowest BCUT2D eigenvalue weighted by atomic mass is 10.2. The number of nitrogens with one attached hydrogen (secondary N) is 2. The summed E-state index contributed by atoms with van der Waals surface area (Å²) in [6, 6.07) is 1.97. The van der Waals surface area contributed by atoms with Gasteiger partial charge in [0.05, 0.1) is 5.69 Å². The second-order valence-corrected chi connectivity index (χ2v) is 2.89. The van der Waals surface area contributed by atoms with Gasteiger partial charge in [0.2, 0.25) is 0 Å². The molecule has 0 saturated heterocycles. The van der Waals surface area contributed by atoms with E-state index in [0.29, 0.717) is 0 Å². The van der Waals surface area contributed by atoms with Gasteiger partial charge < -0.3 is 5.32 Å². The molecular weight excluding hydrogens is 174 g/mol. The fraction of sp³-hybridized carbons (Fsp3) is 0.182. The molecule has 0 amide bonds. The van der Waals surface area contributed by atoms with Crippen molar-refractivity contribution in [2.75, 3.05) is 12.4 Å². The molecule has 0 bridgehead atoms. The lowest BCUT2D eigenvalue weighted by Crippen LogP contribution is -1.85. The molecule has 0 radical (unpaired) electrons. The highest BCUT2D eigenvalue weighted by Crippen LogP contribution is 2.13. The lowest BCUT2D eigenvalue weighted by Gasteiger charge is -1.92. The summed E-state index contributed by atoms with van der Waals surface area (Å²) < 4.78 is 0. The summed E-state index contributed by atoms with van der Waals surface area (Å²) in [6.07, 6.45) is 7.59. The maximum atomic E-state index is 4.06. The molecule has 0 fully saturated rings. The molecule has 2 N–H and O–H groups in total. The van der Waals surface area contributed by atoms with Gasteiger partial charge in [-0.2, -0.15) is 5.10 Å². The van der Waals surface area contributed by atoms with Crippen LogP contribution in [0.2, 0.25) is 0 Å². The molecule has 0 aromatic carbocycles. The molecule has 0 aliphatic heterocycles. The molecule has 0 atom stereocenters. The van der Waals surface area contributed by atoms with Crippen LogP contribution in [0.5, 0.6) is 0 Å². The third-order valence-corrected chi connectivity index (χ3v) is 1.85. The second-order valence-electron chi connectivity index (χ2n) is 2.89. The topological polar surface area (TPSA) is 40.7 Å². The van der Waals surface area contributed by atoms with Crippen LogP contribution in [0.1, 0.15) is 12.6 Å². The van der Waals surface area contributed by atoms with Crippen LogP contribution in [-0.2, 0) is 0 Å². The number of aromatic nitrogens is 2. The number of H-pyrrole nitrogens is 1. The maximum Gasteiger partial charge on any atom is 0.148 e. The molecule has 14 heavy (non-hydrogen) atoms. The van der Waals surface area contributed by atoms with Gasteiger partial charge in [-0.25, -0.2) is 0 Å². The molecule has 1 rings (SSSR count). The fourth-order valence-corrected chi connectivity index (χ4v) is 1.02. The smallest absolute Gasteiger partial charge is 0.148 e. The van der Waals surface area contributed by atoms with Crippen molar-refractivity contribution in [2.45, 2.75) is 6.92 Å². The highest BCUT2D eigenvalue weighted by molar-refractivity contribution is 5.64. The zero-order valence-electron chi connectivity index (χ0n) is 8.54. The quantitative estimate of drug-likeness (QED) is 0.715. The van der Waals surface area contributed by atoms with Crippen LogP contribution in [0, 0.1) is 0 Å². The van der Waals surface area contributed by atoms with E-state index in [0.717, 1.165) is 17.1 Å². The lowest BCUT2D eigenvalue weighted by molar-refractivity contribution is 1.07. The molecule has 74 valence electrons. The molecule has 0 spiro atoms. The normalized spacial score (nSPS) is 12.0. The van der Waals surface area contributed by atoms with E-state index in [4.69, 9.17) is 0 Å². The monoisotopic (exact) mass is 189 g/mol. The van der Waals surface area contributed by atoms with Crippen molar-refractivity contribution < 1.29 is 0 Å². The maximum absolute atomic E-state index is 4.06. The van der Waals surface area contributed by atoms with E-state index in [-0.39, 0.29) is 0 Å². The summed E-state index contributed by atoms with van der Waals surface area (Å²) in [5, 5.41) is 9.97. The molecule has 0 unspecified atom stereocenters. The molecule has 0 saturated carbocycles. The number of nitrogens with zero attached hydrogens (tertiary/aromatic N) is 1. The summed E-state index contributed by atoms with van der Waals surface area (Å²) in [5.74, 6) is 0.848. The van der Waals surface area contributed by atoms with Crippen LogP contribution in [0.15, 0.2) is 36.9 Å². The number of hydrogen-bond donors (Lipinski definition) is 2. The number of rotatable bonds is 4. The van der Waals surface area contributed by atoms with Crippen LogP contribution in [-0.4, -0.2) is 17.2 Å². The Kier molecular flexibility index (Phi) is 3.73. The van der Waals surface area contributed by atoms with Gasteiger partial charge in [0, 0.05) is 13.1 Å². The average Bonchev–Trinajstić information content (AvgIpc) is 2.66. The van der Waals surface area contributed by atoms with Crippen LogP contribution in [0.25, 0.3) is 5.57 Å². The third-order valence-electron chi connectivity index (χ3n) is 1.85. The first-order valence-electron chi connectivity index (χ1n) is 4.47. The van der Waals surface area contributed by atoms with E-state index in [1.807, 2.05) is 38.3 Å². The minimum Gasteiger partial charge on any atom is -0.372 e. The van der Waals surface area contributed by atoms with Crippen LogP contribution in [0.4, 0.5) is 5.82 Å². The highest BCUT2D eigenvalue weighted by atomic mass is 15.2. The van der Waals surface area contributed by atoms with Gasteiger partial charge in [0.15, 0.2) is 0 Å². The van der Waals surface area contributed by atoms with Gasteiger partial charge in [-0.1, -0.05) is 30.9 Å². The largest absolute Gasteiger partial charge is 0.372 e. The van der Waals surface area contributed by atoms with Crippen molar-refractivity contribution >= 4 is 11.4 Å². The van der Waals surface area contributed by atoms with E-state index in [2.05, 4.69) is 22.1 Å². The standard InChI is InChI=1S/C11H15N3/c1-4-5-6-7-9(2)10-8-11(12-3)14-13-10/h4-8H,1H2,2-3H3,(H2,12,13,14)/b6-5-,9-7+. The number of anilines is 1. The molecule has 1 aromatic rings. The minimum absolute atomic E-state index is 0.848. The first kappa shape index (κ1) is 10.3. The Labute approximate surface area is 84.2 Å². The Morgan fingerprint density at radius 1 is 1.57 bits per heavy atom. The molecule has 0 aliphatic carbocycles. The zero-order valence-corrected chi connectivity index (χ0v) is 8.54. The average molecular weight is 189 g/mol. The van der Waals surface area contributed by atoms with Gasteiger partial charge in [-0.05, 0) is 12.5 Å².